The summed E-state index contributed by atoms with van der Waals surface area (Å²) in [5.74, 6) is 0.291. The van der Waals surface area contributed by atoms with Crippen molar-refractivity contribution in [3.8, 4) is 0 Å². The van der Waals surface area contributed by atoms with Crippen molar-refractivity contribution in [1.82, 2.24) is 14.5 Å². The van der Waals surface area contributed by atoms with Gasteiger partial charge in [0.15, 0.2) is 9.84 Å². The minimum Gasteiger partial charge on any atom is -0.295 e. The number of hydrogen-bond donors (Lipinski definition) is 0. The Bertz CT molecular complexity index is 774. The third kappa shape index (κ3) is 4.06. The number of sulfone groups is 1. The highest BCUT2D eigenvalue weighted by Crippen LogP contribution is 2.24. The number of fused-ring (bicyclic) bond motifs is 1. The van der Waals surface area contributed by atoms with E-state index in [1.54, 1.807) is 50.1 Å². The second-order valence-corrected chi connectivity index (χ2v) is 8.03. The van der Waals surface area contributed by atoms with Crippen LogP contribution in [0.15, 0.2) is 24.3 Å². The number of para-hydroxylation sites is 2. The van der Waals surface area contributed by atoms with E-state index in [-0.39, 0.29) is 29.9 Å². The molecule has 1 heterocycles. The summed E-state index contributed by atoms with van der Waals surface area (Å²) >= 11 is 0. The molecule has 0 aliphatic heterocycles. The minimum absolute atomic E-state index is 0.00505. The molecule has 0 fully saturated rings. The lowest BCUT2D eigenvalue weighted by Crippen LogP contribution is -2.35. The van der Waals surface area contributed by atoms with Gasteiger partial charge in [0.1, 0.15) is 5.82 Å². The highest BCUT2D eigenvalue weighted by atomic mass is 32.2. The third-order valence-corrected chi connectivity index (χ3v) is 5.81. The lowest BCUT2D eigenvalue weighted by atomic mass is 10.3. The van der Waals surface area contributed by atoms with E-state index in [2.05, 4.69) is 4.98 Å². The minimum atomic E-state index is -3.12. The summed E-state index contributed by atoms with van der Waals surface area (Å²) in [4.78, 5) is 5.99. The zero-order valence-electron chi connectivity index (χ0n) is 13.4. The summed E-state index contributed by atoms with van der Waals surface area (Å²) in [5, 5.41) is 0. The standard InChI is InChI=1S/C15H21F2N3O2S/c1-4-23(21,22)10-11(2)19(3)9-14-18-12-7-5-6-8-13(12)20(14)15(16)17/h5-8,11,15H,4,9-10H2,1-3H3/t11-/m1/s1. The molecule has 8 heteroatoms. The second-order valence-electron chi connectivity index (χ2n) is 5.63. The van der Waals surface area contributed by atoms with Crippen molar-refractivity contribution in [3.63, 3.8) is 0 Å². The van der Waals surface area contributed by atoms with Crippen molar-refractivity contribution in [2.75, 3.05) is 18.6 Å². The Labute approximate surface area is 134 Å². The molecule has 2 aromatic rings. The van der Waals surface area contributed by atoms with Gasteiger partial charge in [-0.2, -0.15) is 8.78 Å². The molecule has 0 aliphatic rings. The maximum absolute atomic E-state index is 13.4. The summed E-state index contributed by atoms with van der Waals surface area (Å²) in [6, 6.07) is 6.43. The lowest BCUT2D eigenvalue weighted by molar-refractivity contribution is 0.0683. The van der Waals surface area contributed by atoms with Crippen LogP contribution >= 0.6 is 0 Å². The van der Waals surface area contributed by atoms with E-state index in [0.717, 1.165) is 4.57 Å². The molecular weight excluding hydrogens is 324 g/mol. The van der Waals surface area contributed by atoms with Gasteiger partial charge in [-0.05, 0) is 26.1 Å². The maximum atomic E-state index is 13.4. The Morgan fingerprint density at radius 2 is 1.96 bits per heavy atom. The Morgan fingerprint density at radius 3 is 2.57 bits per heavy atom. The van der Waals surface area contributed by atoms with Gasteiger partial charge < -0.3 is 0 Å². The first kappa shape index (κ1) is 17.8. The lowest BCUT2D eigenvalue weighted by Gasteiger charge is -2.24. The topological polar surface area (TPSA) is 55.2 Å². The molecule has 1 aromatic carbocycles. The molecule has 1 atom stereocenters. The zero-order valence-corrected chi connectivity index (χ0v) is 14.2. The van der Waals surface area contributed by atoms with E-state index in [1.165, 1.54) is 0 Å². The quantitative estimate of drug-likeness (QED) is 0.774. The number of halogens is 2. The summed E-state index contributed by atoms with van der Waals surface area (Å²) < 4.78 is 51.1. The number of aromatic nitrogens is 2. The second kappa shape index (κ2) is 6.92. The van der Waals surface area contributed by atoms with Crippen molar-refractivity contribution in [2.24, 2.45) is 0 Å². The number of rotatable bonds is 7. The molecule has 0 spiro atoms. The molecule has 23 heavy (non-hydrogen) atoms. The van der Waals surface area contributed by atoms with Crippen molar-refractivity contribution in [1.29, 1.82) is 0 Å². The van der Waals surface area contributed by atoms with E-state index < -0.39 is 16.4 Å². The van der Waals surface area contributed by atoms with Gasteiger partial charge in [0.05, 0.1) is 23.3 Å². The van der Waals surface area contributed by atoms with E-state index in [9.17, 15) is 17.2 Å². The Hall–Kier alpha value is -1.54. The molecule has 0 radical (unpaired) electrons. The fourth-order valence-electron chi connectivity index (χ4n) is 2.42. The van der Waals surface area contributed by atoms with Crippen LogP contribution in [0.3, 0.4) is 0 Å². The zero-order chi connectivity index (χ0) is 17.2. The van der Waals surface area contributed by atoms with Crippen molar-refractivity contribution < 1.29 is 17.2 Å². The summed E-state index contributed by atoms with van der Waals surface area (Å²) in [6.07, 6.45) is 0. The first-order valence-corrected chi connectivity index (χ1v) is 9.22. The van der Waals surface area contributed by atoms with Crippen LogP contribution < -0.4 is 0 Å². The molecule has 0 aliphatic carbocycles. The average Bonchev–Trinajstić information content (AvgIpc) is 2.84. The number of imidazole rings is 1. The van der Waals surface area contributed by atoms with Crippen LogP contribution in [0.4, 0.5) is 8.78 Å². The van der Waals surface area contributed by atoms with Gasteiger partial charge in [0.2, 0.25) is 0 Å². The van der Waals surface area contributed by atoms with Gasteiger partial charge in [-0.25, -0.2) is 13.4 Å². The van der Waals surface area contributed by atoms with Gasteiger partial charge in [0, 0.05) is 11.8 Å². The van der Waals surface area contributed by atoms with Gasteiger partial charge in [-0.3, -0.25) is 9.47 Å². The van der Waals surface area contributed by atoms with Crippen LogP contribution in [0.1, 0.15) is 26.2 Å². The predicted molar refractivity (Wildman–Crippen MR) is 86.2 cm³/mol. The first-order chi connectivity index (χ1) is 10.7. The molecule has 0 saturated carbocycles. The monoisotopic (exact) mass is 345 g/mol. The predicted octanol–water partition coefficient (Wildman–Crippen LogP) is 2.69. The highest BCUT2D eigenvalue weighted by Gasteiger charge is 2.22. The van der Waals surface area contributed by atoms with Crippen LogP contribution in [-0.2, 0) is 16.4 Å². The molecule has 0 unspecified atom stereocenters. The number of nitrogens with zero attached hydrogens (tertiary/aromatic N) is 3. The summed E-state index contributed by atoms with van der Waals surface area (Å²) in [6.45, 7) is 0.820. The fraction of sp³-hybridized carbons (Fsp3) is 0.533. The van der Waals surface area contributed by atoms with Gasteiger partial charge in [-0.1, -0.05) is 19.1 Å². The largest absolute Gasteiger partial charge is 0.320 e. The van der Waals surface area contributed by atoms with Crippen LogP contribution in [-0.4, -0.2) is 47.5 Å². The van der Waals surface area contributed by atoms with Crippen molar-refractivity contribution >= 4 is 20.9 Å². The Balaban J connectivity index is 2.25. The average molecular weight is 345 g/mol. The van der Waals surface area contributed by atoms with E-state index in [4.69, 9.17) is 0 Å². The summed E-state index contributed by atoms with van der Waals surface area (Å²) in [5.41, 5.74) is 0.879. The molecule has 5 nitrogen and oxygen atoms in total. The van der Waals surface area contributed by atoms with E-state index in [0.29, 0.717) is 11.0 Å². The Morgan fingerprint density at radius 1 is 1.30 bits per heavy atom. The Kier molecular flexibility index (Phi) is 5.36. The molecule has 1 aromatic heterocycles. The van der Waals surface area contributed by atoms with Crippen molar-refractivity contribution in [3.05, 3.63) is 30.1 Å². The number of alkyl halides is 2. The van der Waals surface area contributed by atoms with Crippen LogP contribution in [0.5, 0.6) is 0 Å². The molecule has 2 rings (SSSR count). The van der Waals surface area contributed by atoms with Crippen LogP contribution in [0.2, 0.25) is 0 Å². The molecule has 0 bridgehead atoms. The third-order valence-electron chi connectivity index (χ3n) is 3.94. The molecule has 128 valence electrons. The smallest absolute Gasteiger partial charge is 0.295 e. The first-order valence-electron chi connectivity index (χ1n) is 7.39. The van der Waals surface area contributed by atoms with Crippen molar-refractivity contribution in [2.45, 2.75) is 33.0 Å². The molecule has 0 saturated heterocycles. The van der Waals surface area contributed by atoms with Gasteiger partial charge in [0.25, 0.3) is 0 Å². The maximum Gasteiger partial charge on any atom is 0.320 e. The molecular formula is C15H21F2N3O2S. The SMILES string of the molecule is CCS(=O)(=O)C[C@@H](C)N(C)Cc1nc2ccccc2n1C(F)F. The highest BCUT2D eigenvalue weighted by molar-refractivity contribution is 7.91. The number of benzene rings is 1. The molecule has 0 N–H and O–H groups in total. The normalized spacial score (nSPS) is 14.0. The van der Waals surface area contributed by atoms with Crippen LogP contribution in [0, 0.1) is 0 Å². The van der Waals surface area contributed by atoms with Gasteiger partial charge in [-0.15, -0.1) is 0 Å². The molecule has 0 amide bonds. The summed E-state index contributed by atoms with van der Waals surface area (Å²) in [7, 11) is -1.41. The van der Waals surface area contributed by atoms with Crippen LogP contribution in [0.25, 0.3) is 11.0 Å². The number of hydrogen-bond acceptors (Lipinski definition) is 4. The van der Waals surface area contributed by atoms with Gasteiger partial charge >= 0.3 is 6.55 Å². The van der Waals surface area contributed by atoms with E-state index >= 15 is 0 Å². The fourth-order valence-corrected chi connectivity index (χ4v) is 3.64. The van der Waals surface area contributed by atoms with E-state index in [1.807, 2.05) is 0 Å².